The van der Waals surface area contributed by atoms with Crippen molar-refractivity contribution in [2.45, 2.75) is 57.7 Å². The first-order valence-corrected chi connectivity index (χ1v) is 8.06. The van der Waals surface area contributed by atoms with Crippen LogP contribution in [0.2, 0.25) is 5.02 Å². The Labute approximate surface area is 136 Å². The molecule has 0 spiro atoms. The van der Waals surface area contributed by atoms with E-state index in [-0.39, 0.29) is 11.6 Å². The van der Waals surface area contributed by atoms with Crippen LogP contribution in [0.1, 0.15) is 52.0 Å². The van der Waals surface area contributed by atoms with Gasteiger partial charge in [-0.25, -0.2) is 4.39 Å². The zero-order valence-electron chi connectivity index (χ0n) is 13.5. The Hall–Kier alpha value is -0.835. The minimum atomic E-state index is -0.882. The van der Waals surface area contributed by atoms with Crippen molar-refractivity contribution in [1.29, 1.82) is 0 Å². The Balaban J connectivity index is 1.72. The summed E-state index contributed by atoms with van der Waals surface area (Å²) in [6.07, 6.45) is 1.36. The molecule has 1 saturated heterocycles. The van der Waals surface area contributed by atoms with E-state index in [4.69, 9.17) is 20.9 Å². The fraction of sp³-hybridized carbons (Fsp3) is 0.529. The van der Waals surface area contributed by atoms with Gasteiger partial charge in [0.25, 0.3) is 0 Å². The van der Waals surface area contributed by atoms with Crippen molar-refractivity contribution in [1.82, 2.24) is 0 Å². The van der Waals surface area contributed by atoms with Gasteiger partial charge in [0, 0.05) is 5.02 Å². The van der Waals surface area contributed by atoms with Gasteiger partial charge in [-0.15, -0.1) is 0 Å². The highest BCUT2D eigenvalue weighted by molar-refractivity contribution is 6.53. The SMILES string of the molecule is CC1(C)OB(C(F)=C2CC(c3ccccc3Cl)C2)OC1(C)C. The van der Waals surface area contributed by atoms with E-state index in [1.54, 1.807) is 0 Å². The zero-order valence-corrected chi connectivity index (χ0v) is 14.2. The standard InChI is InChI=1S/C17H21BClFO2/c1-16(2)17(3,4)22-18(21-16)15(20)12-9-11(10-12)13-7-5-6-8-14(13)19/h5-8,11H,9-10H2,1-4H3. The van der Waals surface area contributed by atoms with Crippen LogP contribution in [0, 0.1) is 0 Å². The van der Waals surface area contributed by atoms with Crippen LogP contribution in [0.4, 0.5) is 4.39 Å². The number of rotatable bonds is 2. The molecule has 0 atom stereocenters. The number of hydrogen-bond donors (Lipinski definition) is 0. The van der Waals surface area contributed by atoms with Gasteiger partial charge in [-0.1, -0.05) is 29.8 Å². The van der Waals surface area contributed by atoms with Gasteiger partial charge in [-0.2, -0.15) is 0 Å². The molecule has 3 rings (SSSR count). The fourth-order valence-electron chi connectivity index (χ4n) is 2.87. The lowest BCUT2D eigenvalue weighted by atomic mass is 9.70. The zero-order chi connectivity index (χ0) is 16.1. The van der Waals surface area contributed by atoms with Crippen LogP contribution >= 0.6 is 11.6 Å². The molecule has 1 aromatic carbocycles. The highest BCUT2D eigenvalue weighted by Crippen LogP contribution is 2.47. The average Bonchev–Trinajstić information content (AvgIpc) is 2.59. The summed E-state index contributed by atoms with van der Waals surface area (Å²) in [5, 5.41) is 0.752. The molecule has 0 aromatic heterocycles. The molecule has 1 saturated carbocycles. The second kappa shape index (κ2) is 5.36. The smallest absolute Gasteiger partial charge is 0.398 e. The Morgan fingerprint density at radius 2 is 1.68 bits per heavy atom. The van der Waals surface area contributed by atoms with Gasteiger partial charge in [-0.05, 0) is 63.7 Å². The number of halogens is 2. The van der Waals surface area contributed by atoms with Crippen LogP contribution < -0.4 is 0 Å². The second-order valence-electron chi connectivity index (χ2n) is 7.17. The third-order valence-electron chi connectivity index (χ3n) is 5.13. The fourth-order valence-corrected chi connectivity index (χ4v) is 3.16. The molecule has 2 nitrogen and oxygen atoms in total. The molecule has 0 radical (unpaired) electrons. The van der Waals surface area contributed by atoms with Crippen LogP contribution in [0.5, 0.6) is 0 Å². The van der Waals surface area contributed by atoms with Crippen molar-refractivity contribution in [3.8, 4) is 0 Å². The van der Waals surface area contributed by atoms with Gasteiger partial charge in [0.1, 0.15) is 5.73 Å². The Bertz CT molecular complexity index is 603. The predicted molar refractivity (Wildman–Crippen MR) is 87.6 cm³/mol. The Morgan fingerprint density at radius 1 is 1.14 bits per heavy atom. The lowest BCUT2D eigenvalue weighted by molar-refractivity contribution is 0.00578. The van der Waals surface area contributed by atoms with E-state index >= 15 is 0 Å². The first-order chi connectivity index (χ1) is 10.2. The maximum absolute atomic E-state index is 14.6. The first-order valence-electron chi connectivity index (χ1n) is 7.69. The largest absolute Gasteiger partial charge is 0.525 e. The quantitative estimate of drug-likeness (QED) is 0.708. The molecule has 1 aliphatic carbocycles. The van der Waals surface area contributed by atoms with E-state index < -0.39 is 18.3 Å². The van der Waals surface area contributed by atoms with Gasteiger partial charge in [0.2, 0.25) is 0 Å². The van der Waals surface area contributed by atoms with E-state index in [1.807, 2.05) is 52.0 Å². The average molecular weight is 323 g/mol. The summed E-state index contributed by atoms with van der Waals surface area (Å²) in [7, 11) is -0.882. The van der Waals surface area contributed by atoms with E-state index in [1.165, 1.54) is 0 Å². The summed E-state index contributed by atoms with van der Waals surface area (Å²) < 4.78 is 26.2. The normalized spacial score (nSPS) is 26.0. The monoisotopic (exact) mass is 322 g/mol. The molecule has 1 aromatic rings. The minimum absolute atomic E-state index is 0.262. The van der Waals surface area contributed by atoms with E-state index in [9.17, 15) is 4.39 Å². The van der Waals surface area contributed by atoms with E-state index in [0.29, 0.717) is 12.8 Å². The van der Waals surface area contributed by atoms with Gasteiger partial charge in [0.15, 0.2) is 0 Å². The van der Waals surface area contributed by atoms with Crippen molar-refractivity contribution in [3.63, 3.8) is 0 Å². The molecule has 0 bridgehead atoms. The maximum atomic E-state index is 14.6. The molecule has 22 heavy (non-hydrogen) atoms. The van der Waals surface area contributed by atoms with Gasteiger partial charge in [-0.3, -0.25) is 0 Å². The highest BCUT2D eigenvalue weighted by atomic mass is 35.5. The third-order valence-corrected chi connectivity index (χ3v) is 5.47. The number of allylic oxidation sites excluding steroid dienone is 1. The third kappa shape index (κ3) is 2.62. The van der Waals surface area contributed by atoms with Crippen molar-refractivity contribution in [2.75, 3.05) is 0 Å². The van der Waals surface area contributed by atoms with Crippen LogP contribution in [0.25, 0.3) is 0 Å². The van der Waals surface area contributed by atoms with Crippen LogP contribution in [-0.2, 0) is 9.31 Å². The summed E-state index contributed by atoms with van der Waals surface area (Å²) >= 11 is 6.20. The van der Waals surface area contributed by atoms with Crippen LogP contribution in [0.3, 0.4) is 0 Å². The predicted octanol–water partition coefficient (Wildman–Crippen LogP) is 5.07. The van der Waals surface area contributed by atoms with Crippen molar-refractivity contribution < 1.29 is 13.7 Å². The van der Waals surface area contributed by atoms with E-state index in [2.05, 4.69) is 0 Å². The summed E-state index contributed by atoms with van der Waals surface area (Å²) in [6, 6.07) is 7.76. The van der Waals surface area contributed by atoms with E-state index in [0.717, 1.165) is 16.2 Å². The summed E-state index contributed by atoms with van der Waals surface area (Å²) in [5.74, 6) is 0.289. The molecule has 0 amide bonds. The van der Waals surface area contributed by atoms with Crippen molar-refractivity contribution in [3.05, 3.63) is 46.2 Å². The lowest BCUT2D eigenvalue weighted by Crippen LogP contribution is -2.41. The molecular formula is C17H21BClFO2. The van der Waals surface area contributed by atoms with Gasteiger partial charge in [0.05, 0.1) is 11.2 Å². The van der Waals surface area contributed by atoms with Gasteiger partial charge >= 0.3 is 7.12 Å². The Morgan fingerprint density at radius 3 is 2.23 bits per heavy atom. The van der Waals surface area contributed by atoms with Crippen molar-refractivity contribution >= 4 is 18.7 Å². The minimum Gasteiger partial charge on any atom is -0.398 e. The number of hydrogen-bond acceptors (Lipinski definition) is 2. The molecule has 2 fully saturated rings. The molecule has 118 valence electrons. The lowest BCUT2D eigenvalue weighted by Gasteiger charge is -2.32. The topological polar surface area (TPSA) is 18.5 Å². The molecular weight excluding hydrogens is 301 g/mol. The second-order valence-corrected chi connectivity index (χ2v) is 7.57. The molecule has 2 aliphatic rings. The maximum Gasteiger partial charge on any atom is 0.525 e. The summed E-state index contributed by atoms with van der Waals surface area (Å²) in [4.78, 5) is 0. The molecule has 1 heterocycles. The molecule has 0 unspecified atom stereocenters. The summed E-state index contributed by atoms with van der Waals surface area (Å²) in [6.45, 7) is 7.72. The Kier molecular flexibility index (Phi) is 3.91. The van der Waals surface area contributed by atoms with Crippen LogP contribution in [-0.4, -0.2) is 18.3 Å². The first kappa shape index (κ1) is 16.0. The summed E-state index contributed by atoms with van der Waals surface area (Å²) in [5.41, 5.74) is 0.586. The van der Waals surface area contributed by atoms with Crippen molar-refractivity contribution in [2.24, 2.45) is 0 Å². The molecule has 5 heteroatoms. The molecule has 1 aliphatic heterocycles. The van der Waals surface area contributed by atoms with Gasteiger partial charge < -0.3 is 9.31 Å². The van der Waals surface area contributed by atoms with Crippen LogP contribution in [0.15, 0.2) is 35.6 Å². The highest BCUT2D eigenvalue weighted by Gasteiger charge is 2.54. The number of benzene rings is 1. The molecule has 0 N–H and O–H groups in total.